The molecule has 0 radical (unpaired) electrons. The maximum Gasteiger partial charge on any atom is 0.260 e. The van der Waals surface area contributed by atoms with Gasteiger partial charge >= 0.3 is 0 Å². The molecule has 1 aliphatic heterocycles. The van der Waals surface area contributed by atoms with Gasteiger partial charge in [-0.3, -0.25) is 9.59 Å². The number of thiazole rings is 1. The van der Waals surface area contributed by atoms with Crippen molar-refractivity contribution in [2.75, 3.05) is 0 Å². The molecule has 3 rings (SSSR count). The summed E-state index contributed by atoms with van der Waals surface area (Å²) in [5.74, 6) is -0.845. The molecule has 0 aliphatic carbocycles. The molecule has 1 aromatic heterocycles. The van der Waals surface area contributed by atoms with Crippen LogP contribution >= 0.6 is 11.3 Å². The fraction of sp³-hybridized carbons (Fsp3) is 0.278. The molecule has 25 heavy (non-hydrogen) atoms. The minimum absolute atomic E-state index is 0.0483. The molecule has 3 N–H and O–H groups in total. The molecule has 0 saturated heterocycles. The predicted molar refractivity (Wildman–Crippen MR) is 96.6 cm³/mol. The number of carbonyl (C=O) groups is 2. The third kappa shape index (κ3) is 3.71. The average molecular weight is 356 g/mol. The average Bonchev–Trinajstić information content (AvgIpc) is 3.01. The minimum atomic E-state index is -0.595. The van der Waals surface area contributed by atoms with Gasteiger partial charge in [-0.1, -0.05) is 30.3 Å². The van der Waals surface area contributed by atoms with E-state index in [0.29, 0.717) is 0 Å². The summed E-state index contributed by atoms with van der Waals surface area (Å²) in [6.07, 6.45) is 1.03. The molecule has 0 saturated carbocycles. The highest BCUT2D eigenvalue weighted by Gasteiger charge is 2.31. The van der Waals surface area contributed by atoms with Crippen LogP contribution < -0.4 is 16.0 Å². The van der Waals surface area contributed by atoms with Crippen LogP contribution in [0, 0.1) is 6.92 Å². The van der Waals surface area contributed by atoms with Crippen molar-refractivity contribution in [1.29, 1.82) is 0 Å². The number of rotatable bonds is 4. The maximum atomic E-state index is 12.6. The first-order valence-electron chi connectivity index (χ1n) is 7.94. The lowest BCUT2D eigenvalue weighted by molar-refractivity contribution is -0.125. The van der Waals surface area contributed by atoms with Crippen molar-refractivity contribution in [2.24, 2.45) is 0 Å². The molecule has 1 atom stereocenters. The Labute approximate surface area is 150 Å². The number of hydrogen-bond donors (Lipinski definition) is 3. The quantitative estimate of drug-likeness (QED) is 0.733. The number of aromatic nitrogens is 1. The molecule has 7 heteroatoms. The summed E-state index contributed by atoms with van der Waals surface area (Å²) in [5.41, 5.74) is 1.15. The molecular weight excluding hydrogens is 336 g/mol. The van der Waals surface area contributed by atoms with Gasteiger partial charge in [-0.15, -0.1) is 11.3 Å². The summed E-state index contributed by atoms with van der Waals surface area (Å²) in [6, 6.07) is 9.63. The third-order valence-corrected chi connectivity index (χ3v) is 4.80. The van der Waals surface area contributed by atoms with E-state index in [1.54, 1.807) is 0 Å². The summed E-state index contributed by atoms with van der Waals surface area (Å²) in [4.78, 5) is 29.2. The van der Waals surface area contributed by atoms with Crippen LogP contribution in [0.15, 0.2) is 47.5 Å². The number of hydrogen-bond acceptors (Lipinski definition) is 5. The van der Waals surface area contributed by atoms with E-state index in [1.165, 1.54) is 17.5 Å². The van der Waals surface area contributed by atoms with Gasteiger partial charge < -0.3 is 16.0 Å². The summed E-state index contributed by atoms with van der Waals surface area (Å²) < 4.78 is 0. The fourth-order valence-corrected chi connectivity index (χ4v) is 3.24. The molecule has 0 spiro atoms. The van der Waals surface area contributed by atoms with Crippen LogP contribution in [-0.2, 0) is 15.1 Å². The van der Waals surface area contributed by atoms with Crippen LogP contribution in [0.5, 0.6) is 0 Å². The maximum absolute atomic E-state index is 12.6. The van der Waals surface area contributed by atoms with Crippen molar-refractivity contribution in [2.45, 2.75) is 32.5 Å². The second-order valence-corrected chi connectivity index (χ2v) is 7.43. The van der Waals surface area contributed by atoms with Crippen molar-refractivity contribution in [3.63, 3.8) is 0 Å². The monoisotopic (exact) mass is 356 g/mol. The highest BCUT2D eigenvalue weighted by molar-refractivity contribution is 7.09. The molecule has 130 valence electrons. The Hall–Kier alpha value is -2.67. The number of nitrogens with one attached hydrogen (secondary N) is 3. The molecule has 6 nitrogen and oxygen atoms in total. The second kappa shape index (κ2) is 6.68. The van der Waals surface area contributed by atoms with Crippen LogP contribution in [0.25, 0.3) is 0 Å². The van der Waals surface area contributed by atoms with Gasteiger partial charge in [0.1, 0.15) is 11.7 Å². The van der Waals surface area contributed by atoms with E-state index in [-0.39, 0.29) is 5.57 Å². The second-order valence-electron chi connectivity index (χ2n) is 6.37. The van der Waals surface area contributed by atoms with Crippen molar-refractivity contribution < 1.29 is 9.59 Å². The smallest absolute Gasteiger partial charge is 0.260 e. The van der Waals surface area contributed by atoms with Gasteiger partial charge in [0.2, 0.25) is 0 Å². The van der Waals surface area contributed by atoms with E-state index >= 15 is 0 Å². The van der Waals surface area contributed by atoms with Crippen LogP contribution in [0.2, 0.25) is 0 Å². The topological polar surface area (TPSA) is 83.1 Å². The molecule has 2 aromatic rings. The molecule has 1 aromatic carbocycles. The Kier molecular flexibility index (Phi) is 4.59. The molecule has 1 unspecified atom stereocenters. The van der Waals surface area contributed by atoms with Gasteiger partial charge in [0.05, 0.1) is 16.2 Å². The lowest BCUT2D eigenvalue weighted by atomic mass is 9.94. The van der Waals surface area contributed by atoms with E-state index in [0.717, 1.165) is 16.3 Å². The Bertz CT molecular complexity index is 827. The summed E-state index contributed by atoms with van der Waals surface area (Å²) in [5, 5.41) is 11.5. The summed E-state index contributed by atoms with van der Waals surface area (Å²) in [6.45, 7) is 5.70. The van der Waals surface area contributed by atoms with Crippen molar-refractivity contribution in [1.82, 2.24) is 20.9 Å². The Morgan fingerprint density at radius 2 is 2.00 bits per heavy atom. The lowest BCUT2D eigenvalue weighted by Gasteiger charge is -2.29. The first-order chi connectivity index (χ1) is 11.9. The Morgan fingerprint density at radius 3 is 2.60 bits per heavy atom. The van der Waals surface area contributed by atoms with Crippen LogP contribution in [-0.4, -0.2) is 16.8 Å². The lowest BCUT2D eigenvalue weighted by Crippen LogP contribution is -2.48. The Morgan fingerprint density at radius 1 is 1.28 bits per heavy atom. The number of aryl methyl sites for hydroxylation is 1. The van der Waals surface area contributed by atoms with Crippen LogP contribution in [0.1, 0.15) is 36.3 Å². The zero-order valence-corrected chi connectivity index (χ0v) is 15.1. The van der Waals surface area contributed by atoms with Gasteiger partial charge in [0.15, 0.2) is 0 Å². The van der Waals surface area contributed by atoms with Gasteiger partial charge in [0.25, 0.3) is 11.8 Å². The molecule has 1 aliphatic rings. The molecule has 2 amide bonds. The third-order valence-electron chi connectivity index (χ3n) is 4.01. The molecule has 0 fully saturated rings. The van der Waals surface area contributed by atoms with E-state index in [4.69, 9.17) is 0 Å². The van der Waals surface area contributed by atoms with Crippen LogP contribution in [0.4, 0.5) is 0 Å². The molecule has 2 heterocycles. The van der Waals surface area contributed by atoms with Gasteiger partial charge in [-0.25, -0.2) is 4.98 Å². The van der Waals surface area contributed by atoms with Gasteiger partial charge in [-0.05, 0) is 26.3 Å². The van der Waals surface area contributed by atoms with Crippen molar-refractivity contribution >= 4 is 23.2 Å². The highest BCUT2D eigenvalue weighted by Crippen LogP contribution is 2.21. The minimum Gasteiger partial charge on any atom is -0.365 e. The summed E-state index contributed by atoms with van der Waals surface area (Å²) in [7, 11) is 0. The van der Waals surface area contributed by atoms with Crippen molar-refractivity contribution in [3.8, 4) is 0 Å². The Balaban J connectivity index is 1.72. The highest BCUT2D eigenvalue weighted by atomic mass is 32.1. The normalized spacial score (nSPS) is 17.3. The zero-order chi connectivity index (χ0) is 18.0. The first kappa shape index (κ1) is 17.2. The number of carbonyl (C=O) groups excluding carboxylic acids is 2. The van der Waals surface area contributed by atoms with E-state index in [9.17, 15) is 9.59 Å². The molecular formula is C18H20N4O2S. The SMILES string of the molecule is Cc1nc(C2NC=C(C(=O)NC(C)(C)c3ccccc3)C(=O)N2)cs1. The van der Waals surface area contributed by atoms with E-state index in [2.05, 4.69) is 20.9 Å². The molecule has 0 bridgehead atoms. The van der Waals surface area contributed by atoms with E-state index in [1.807, 2.05) is 56.5 Å². The van der Waals surface area contributed by atoms with Crippen LogP contribution in [0.3, 0.4) is 0 Å². The van der Waals surface area contributed by atoms with Crippen molar-refractivity contribution in [3.05, 3.63) is 63.7 Å². The van der Waals surface area contributed by atoms with Gasteiger partial charge in [-0.2, -0.15) is 0 Å². The standard InChI is InChI=1S/C18H20N4O2S/c1-11-20-14(10-25-11)15-19-9-13(16(23)21-15)17(24)22-18(2,3)12-7-5-4-6-8-12/h4-10,15,19H,1-3H3,(H,21,23)(H,22,24). The van der Waals surface area contributed by atoms with E-state index < -0.39 is 23.5 Å². The predicted octanol–water partition coefficient (Wildman–Crippen LogP) is 2.10. The summed E-state index contributed by atoms with van der Waals surface area (Å²) >= 11 is 1.51. The fourth-order valence-electron chi connectivity index (χ4n) is 2.60. The van der Waals surface area contributed by atoms with Gasteiger partial charge in [0, 0.05) is 11.6 Å². The largest absolute Gasteiger partial charge is 0.365 e. The number of nitrogens with zero attached hydrogens (tertiary/aromatic N) is 1. The number of benzene rings is 1. The number of amides is 2. The first-order valence-corrected chi connectivity index (χ1v) is 8.82. The zero-order valence-electron chi connectivity index (χ0n) is 14.3.